The molecule has 208 valence electrons. The Labute approximate surface area is 239 Å². The molecule has 1 atom stereocenters. The van der Waals surface area contributed by atoms with Crippen LogP contribution in [0.25, 0.3) is 6.08 Å². The van der Waals surface area contributed by atoms with E-state index in [1.165, 1.54) is 24.3 Å². The zero-order valence-corrected chi connectivity index (χ0v) is 23.4. The molecule has 0 radical (unpaired) electrons. The second-order valence-corrected chi connectivity index (χ2v) is 10.9. The maximum Gasteiger partial charge on any atom is 0.399 e. The number of halogens is 10. The van der Waals surface area contributed by atoms with Crippen LogP contribution < -0.4 is 5.32 Å². The van der Waals surface area contributed by atoms with Crippen molar-refractivity contribution in [3.05, 3.63) is 72.6 Å². The molecule has 0 bridgehead atoms. The van der Waals surface area contributed by atoms with Crippen LogP contribution in [-0.4, -0.2) is 48.8 Å². The van der Waals surface area contributed by atoms with E-state index in [9.17, 15) is 31.1 Å². The van der Waals surface area contributed by atoms with Crippen LogP contribution in [0.4, 0.5) is 26.3 Å². The van der Waals surface area contributed by atoms with Gasteiger partial charge in [-0.2, -0.15) is 26.3 Å². The molecule has 1 heterocycles. The zero-order chi connectivity index (χ0) is 28.3. The van der Waals surface area contributed by atoms with Crippen LogP contribution >= 0.6 is 50.7 Å². The Morgan fingerprint density at radius 2 is 1.66 bits per heavy atom. The minimum atomic E-state index is -4.63. The molecule has 1 fully saturated rings. The lowest BCUT2D eigenvalue weighted by Gasteiger charge is -2.32. The second kappa shape index (κ2) is 12.8. The normalized spacial score (nSPS) is 16.7. The number of rotatable bonds is 7. The molecular formula is C25H22BrCl3F6N2O. The highest BCUT2D eigenvalue weighted by atomic mass is 79.9. The van der Waals surface area contributed by atoms with E-state index in [1.807, 2.05) is 0 Å². The van der Waals surface area contributed by atoms with E-state index >= 15 is 0 Å². The molecule has 13 heteroatoms. The average Bonchev–Trinajstić information content (AvgIpc) is 2.80. The number of piperidine rings is 1. The molecule has 1 aliphatic rings. The highest BCUT2D eigenvalue weighted by Crippen LogP contribution is 2.41. The van der Waals surface area contributed by atoms with Crippen LogP contribution in [0, 0.1) is 0 Å². The van der Waals surface area contributed by atoms with Gasteiger partial charge in [0, 0.05) is 30.1 Å². The summed E-state index contributed by atoms with van der Waals surface area (Å²) in [6.45, 7) is 0.810. The Morgan fingerprint density at radius 3 is 2.18 bits per heavy atom. The van der Waals surface area contributed by atoms with E-state index in [0.717, 1.165) is 18.2 Å². The number of nitrogens with one attached hydrogen (secondary N) is 1. The van der Waals surface area contributed by atoms with Gasteiger partial charge >= 0.3 is 12.4 Å². The molecule has 0 spiro atoms. The zero-order valence-electron chi connectivity index (χ0n) is 19.6. The van der Waals surface area contributed by atoms with Gasteiger partial charge in [0.2, 0.25) is 0 Å². The maximum atomic E-state index is 13.8. The van der Waals surface area contributed by atoms with Crippen LogP contribution in [0.2, 0.25) is 15.1 Å². The van der Waals surface area contributed by atoms with Crippen LogP contribution in [0.3, 0.4) is 0 Å². The van der Waals surface area contributed by atoms with Crippen molar-refractivity contribution in [2.75, 3.05) is 19.6 Å². The van der Waals surface area contributed by atoms with Crippen LogP contribution in [0.5, 0.6) is 0 Å². The number of nitrogens with zero attached hydrogens (tertiary/aromatic N) is 1. The van der Waals surface area contributed by atoms with Crippen molar-refractivity contribution in [2.45, 2.75) is 43.6 Å². The van der Waals surface area contributed by atoms with Gasteiger partial charge in [0.1, 0.15) is 0 Å². The van der Waals surface area contributed by atoms with Crippen LogP contribution in [0.15, 0.2) is 40.9 Å². The van der Waals surface area contributed by atoms with Gasteiger partial charge < -0.3 is 10.2 Å². The Balaban J connectivity index is 1.65. The van der Waals surface area contributed by atoms with E-state index < -0.39 is 24.7 Å². The summed E-state index contributed by atoms with van der Waals surface area (Å²) in [7, 11) is 0. The van der Waals surface area contributed by atoms with Crippen molar-refractivity contribution in [1.29, 1.82) is 0 Å². The summed E-state index contributed by atoms with van der Waals surface area (Å²) in [6.07, 6.45) is -6.44. The fourth-order valence-corrected chi connectivity index (χ4v) is 5.23. The van der Waals surface area contributed by atoms with Gasteiger partial charge in [-0.05, 0) is 64.2 Å². The molecule has 1 unspecified atom stereocenters. The van der Waals surface area contributed by atoms with Crippen molar-refractivity contribution >= 4 is 62.7 Å². The lowest BCUT2D eigenvalue weighted by Crippen LogP contribution is -2.45. The summed E-state index contributed by atoms with van der Waals surface area (Å²) in [5, 5.41) is 2.65. The lowest BCUT2D eigenvalue weighted by atomic mass is 9.97. The number of carbonyl (C=O) groups is 1. The van der Waals surface area contributed by atoms with Gasteiger partial charge in [0.25, 0.3) is 5.91 Å². The molecule has 1 N–H and O–H groups in total. The summed E-state index contributed by atoms with van der Waals surface area (Å²) < 4.78 is 79.0. The monoisotopic (exact) mass is 664 g/mol. The third-order valence-electron chi connectivity index (χ3n) is 6.07. The van der Waals surface area contributed by atoms with Gasteiger partial charge in [-0.25, -0.2) is 0 Å². The number of allylic oxidation sites excluding steroid dienone is 1. The molecular weight excluding hydrogens is 645 g/mol. The Kier molecular flexibility index (Phi) is 10.5. The van der Waals surface area contributed by atoms with E-state index in [2.05, 4.69) is 21.2 Å². The molecule has 0 saturated carbocycles. The molecule has 2 aromatic rings. The van der Waals surface area contributed by atoms with Crippen molar-refractivity contribution in [3.63, 3.8) is 0 Å². The minimum Gasteiger partial charge on any atom is -0.349 e. The topological polar surface area (TPSA) is 32.3 Å². The number of hydrogen-bond acceptors (Lipinski definition) is 2. The van der Waals surface area contributed by atoms with Gasteiger partial charge in [-0.1, -0.05) is 53.0 Å². The van der Waals surface area contributed by atoms with Crippen molar-refractivity contribution in [3.8, 4) is 0 Å². The summed E-state index contributed by atoms with van der Waals surface area (Å²) in [4.78, 5) is 14.5. The Bertz CT molecular complexity index is 1160. The molecule has 38 heavy (non-hydrogen) atoms. The number of carbonyl (C=O) groups excluding carboxylic acids is 1. The first-order valence-electron chi connectivity index (χ1n) is 11.4. The van der Waals surface area contributed by atoms with Crippen molar-refractivity contribution in [2.24, 2.45) is 0 Å². The smallest absolute Gasteiger partial charge is 0.349 e. The van der Waals surface area contributed by atoms with Gasteiger partial charge in [-0.3, -0.25) is 4.79 Å². The number of likely N-dealkylation sites (tertiary alicyclic amines) is 1. The highest BCUT2D eigenvalue weighted by molar-refractivity contribution is 9.10. The molecule has 1 amide bonds. The molecule has 0 aromatic heterocycles. The molecule has 2 aromatic carbocycles. The summed E-state index contributed by atoms with van der Waals surface area (Å²) >= 11 is 21.0. The quantitative estimate of drug-likeness (QED) is 0.237. The summed E-state index contributed by atoms with van der Waals surface area (Å²) in [5.41, 5.74) is 0.518. The van der Waals surface area contributed by atoms with Crippen molar-refractivity contribution < 1.29 is 31.1 Å². The highest BCUT2D eigenvalue weighted by Gasteiger charge is 2.39. The first-order chi connectivity index (χ1) is 17.6. The number of hydrogen-bond donors (Lipinski definition) is 1. The second-order valence-electron chi connectivity index (χ2n) is 8.87. The average molecular weight is 667 g/mol. The van der Waals surface area contributed by atoms with E-state index in [4.69, 9.17) is 34.8 Å². The fraction of sp³-hybridized carbons (Fsp3) is 0.400. The number of benzene rings is 2. The number of alkyl halides is 6. The van der Waals surface area contributed by atoms with Gasteiger partial charge in [0.05, 0.1) is 33.0 Å². The summed E-state index contributed by atoms with van der Waals surface area (Å²) in [6, 6.07) is 6.54. The van der Waals surface area contributed by atoms with E-state index in [-0.39, 0.29) is 44.7 Å². The first kappa shape index (κ1) is 31.1. The molecule has 1 aliphatic heterocycles. The fourth-order valence-electron chi connectivity index (χ4n) is 4.04. The standard InChI is InChI=1S/C25H22BrCl3F6N2O/c26-19-11-14(2-4-18(25(33,34)35)15-12-20(27)22(29)21(28)13-15)1-3-17(19)23(38)36-16-5-8-37(9-6-16)10-7-24(30,31)32/h1-4,11-13,16,18H,5-10H2,(H,36,38)/b4-2+. The largest absolute Gasteiger partial charge is 0.399 e. The maximum absolute atomic E-state index is 13.8. The minimum absolute atomic E-state index is 0.0354. The van der Waals surface area contributed by atoms with Gasteiger partial charge in [0.15, 0.2) is 0 Å². The molecule has 1 saturated heterocycles. The predicted molar refractivity (Wildman–Crippen MR) is 141 cm³/mol. The van der Waals surface area contributed by atoms with E-state index in [1.54, 1.807) is 4.90 Å². The SMILES string of the molecule is O=C(NC1CCN(CCC(F)(F)F)CC1)c1ccc(/C=C/C(c2cc(Cl)c(Cl)c(Cl)c2)C(F)(F)F)cc1Br. The predicted octanol–water partition coefficient (Wildman–Crippen LogP) is 8.92. The van der Waals surface area contributed by atoms with E-state index in [0.29, 0.717) is 36.0 Å². The van der Waals surface area contributed by atoms with Gasteiger partial charge in [-0.15, -0.1) is 0 Å². The Hall–Kier alpha value is -1.46. The van der Waals surface area contributed by atoms with Crippen LogP contribution in [-0.2, 0) is 0 Å². The Morgan fingerprint density at radius 1 is 1.05 bits per heavy atom. The van der Waals surface area contributed by atoms with Crippen LogP contribution in [0.1, 0.15) is 46.7 Å². The lowest BCUT2D eigenvalue weighted by molar-refractivity contribution is -0.139. The molecule has 3 nitrogen and oxygen atoms in total. The third kappa shape index (κ3) is 8.78. The third-order valence-corrected chi connectivity index (χ3v) is 7.92. The van der Waals surface area contributed by atoms with Crippen molar-refractivity contribution in [1.82, 2.24) is 10.2 Å². The number of amides is 1. The molecule has 0 aliphatic carbocycles. The summed E-state index contributed by atoms with van der Waals surface area (Å²) in [5.74, 6) is -2.39. The first-order valence-corrected chi connectivity index (χ1v) is 13.4. The molecule has 3 rings (SSSR count).